The topological polar surface area (TPSA) is 94.3 Å². The maximum absolute atomic E-state index is 14.2. The van der Waals surface area contributed by atoms with Gasteiger partial charge in [0.05, 0.1) is 36.3 Å². The number of methoxy groups -OCH3 is 2. The number of ether oxygens (including phenoxy) is 3. The molecule has 2 aliphatic rings. The zero-order valence-electron chi connectivity index (χ0n) is 26.3. The molecule has 0 spiro atoms. The summed E-state index contributed by atoms with van der Waals surface area (Å²) < 4.78 is 16.9. The third-order valence-electron chi connectivity index (χ3n) is 9.72. The Bertz CT molecular complexity index is 1550. The van der Waals surface area contributed by atoms with Crippen molar-refractivity contribution in [2.24, 2.45) is 5.73 Å². The molecule has 2 saturated heterocycles. The molecular weight excluding hydrogens is 613 g/mol. The molecule has 3 atom stereocenters. The van der Waals surface area contributed by atoms with Crippen molar-refractivity contribution in [3.63, 3.8) is 0 Å². The number of benzene rings is 3. The summed E-state index contributed by atoms with van der Waals surface area (Å²) in [5, 5.41) is 0.907. The number of nitrogens with zero attached hydrogens (tertiary/aromatic N) is 2. The number of hydrogen-bond donors (Lipinski definition) is 1. The predicted octanol–water partition coefficient (Wildman–Crippen LogP) is 6.10. The van der Waals surface area contributed by atoms with Crippen LogP contribution in [0.3, 0.4) is 0 Å². The molecule has 0 aliphatic carbocycles. The Balaban J connectivity index is 1.60. The van der Waals surface area contributed by atoms with E-state index in [1.807, 2.05) is 60.4 Å². The zero-order chi connectivity index (χ0) is 32.4. The first-order chi connectivity index (χ1) is 21.6. The molecule has 2 N–H and O–H groups in total. The van der Waals surface area contributed by atoms with E-state index in [-0.39, 0.29) is 17.9 Å². The summed E-state index contributed by atoms with van der Waals surface area (Å²) in [5.74, 6) is 0.809. The molecule has 8 nitrogen and oxygen atoms in total. The molecule has 2 heterocycles. The SMILES string of the molecule is CCOc1cc(C(=O)N2CCC(c3ccc(Cl)c(Cl)c3)(C3CC(C(N)=O)(c4ccccc4)CCN3CC)C2)cc(OC)c1OC. The second kappa shape index (κ2) is 13.5. The van der Waals surface area contributed by atoms with Crippen LogP contribution in [0.15, 0.2) is 60.7 Å². The number of piperidine rings is 1. The van der Waals surface area contributed by atoms with E-state index in [1.165, 1.54) is 7.11 Å². The van der Waals surface area contributed by atoms with E-state index in [0.29, 0.717) is 78.4 Å². The van der Waals surface area contributed by atoms with Gasteiger partial charge in [-0.3, -0.25) is 14.5 Å². The fourth-order valence-electron chi connectivity index (χ4n) is 7.37. The summed E-state index contributed by atoms with van der Waals surface area (Å²) in [4.78, 5) is 31.9. The van der Waals surface area contributed by atoms with E-state index >= 15 is 0 Å². The number of halogens is 2. The van der Waals surface area contributed by atoms with Crippen LogP contribution in [-0.4, -0.2) is 74.7 Å². The smallest absolute Gasteiger partial charge is 0.254 e. The van der Waals surface area contributed by atoms with Crippen LogP contribution >= 0.6 is 23.2 Å². The lowest BCUT2D eigenvalue weighted by atomic mass is 9.61. The van der Waals surface area contributed by atoms with Crippen LogP contribution in [0, 0.1) is 0 Å². The molecule has 3 aromatic carbocycles. The molecule has 0 aromatic heterocycles. The van der Waals surface area contributed by atoms with Gasteiger partial charge in [-0.05, 0) is 74.7 Å². The minimum absolute atomic E-state index is 0.122. The first kappa shape index (κ1) is 32.9. The third kappa shape index (κ3) is 5.96. The summed E-state index contributed by atoms with van der Waals surface area (Å²) in [7, 11) is 3.08. The van der Waals surface area contributed by atoms with Gasteiger partial charge < -0.3 is 24.8 Å². The van der Waals surface area contributed by atoms with Crippen molar-refractivity contribution in [2.75, 3.05) is 47.0 Å². The summed E-state index contributed by atoms with van der Waals surface area (Å²) in [6.45, 7) is 6.78. The van der Waals surface area contributed by atoms with Gasteiger partial charge in [0.15, 0.2) is 11.5 Å². The van der Waals surface area contributed by atoms with Gasteiger partial charge in [0.1, 0.15) is 0 Å². The lowest BCUT2D eigenvalue weighted by molar-refractivity contribution is -0.127. The Kier molecular flexibility index (Phi) is 9.87. The lowest BCUT2D eigenvalue weighted by Crippen LogP contribution is -2.61. The van der Waals surface area contributed by atoms with Gasteiger partial charge in [-0.2, -0.15) is 0 Å². The molecule has 5 rings (SSSR count). The molecule has 0 radical (unpaired) electrons. The van der Waals surface area contributed by atoms with Gasteiger partial charge in [0, 0.05) is 30.1 Å². The Labute approximate surface area is 275 Å². The molecule has 2 fully saturated rings. The number of carbonyl (C=O) groups excluding carboxylic acids is 2. The van der Waals surface area contributed by atoms with Crippen LogP contribution in [-0.2, 0) is 15.6 Å². The standard InChI is InChI=1S/C35H41Cl2N3O5/c1-5-39-16-14-34(33(38)42,24-10-8-7-9-11-24)21-30(39)35(25-12-13-26(36)27(37)20-25)15-17-40(22-35)32(41)23-18-28(43-3)31(44-4)29(19-23)45-6-2/h7-13,18-20,30H,5-6,14-17,21-22H2,1-4H3,(H2,38,42). The average Bonchev–Trinajstić information content (AvgIpc) is 3.52. The molecule has 0 bridgehead atoms. The van der Waals surface area contributed by atoms with Crippen molar-refractivity contribution in [3.8, 4) is 17.2 Å². The number of amides is 2. The summed E-state index contributed by atoms with van der Waals surface area (Å²) >= 11 is 13.0. The number of likely N-dealkylation sites (tertiary alicyclic amines) is 2. The fourth-order valence-corrected chi connectivity index (χ4v) is 7.67. The van der Waals surface area contributed by atoms with Crippen molar-refractivity contribution in [1.29, 1.82) is 0 Å². The van der Waals surface area contributed by atoms with Crippen LogP contribution in [0.5, 0.6) is 17.2 Å². The van der Waals surface area contributed by atoms with E-state index in [9.17, 15) is 9.59 Å². The summed E-state index contributed by atoms with van der Waals surface area (Å²) in [6, 6.07) is 18.8. The number of carbonyl (C=O) groups is 2. The highest BCUT2D eigenvalue weighted by Gasteiger charge is 2.55. The van der Waals surface area contributed by atoms with Crippen LogP contribution in [0.2, 0.25) is 10.0 Å². The second-order valence-electron chi connectivity index (χ2n) is 11.8. The van der Waals surface area contributed by atoms with E-state index in [4.69, 9.17) is 43.1 Å². The minimum atomic E-state index is -0.853. The largest absolute Gasteiger partial charge is 0.493 e. The molecular formula is C35H41Cl2N3O5. The monoisotopic (exact) mass is 653 g/mol. The summed E-state index contributed by atoms with van der Waals surface area (Å²) in [5.41, 5.74) is 7.18. The molecule has 45 heavy (non-hydrogen) atoms. The van der Waals surface area contributed by atoms with Gasteiger partial charge >= 0.3 is 0 Å². The lowest BCUT2D eigenvalue weighted by Gasteiger charge is -2.52. The molecule has 3 aromatic rings. The number of hydrogen-bond acceptors (Lipinski definition) is 6. The number of likely N-dealkylation sites (N-methyl/N-ethyl adjacent to an activating group) is 1. The van der Waals surface area contributed by atoms with Crippen molar-refractivity contribution in [3.05, 3.63) is 87.4 Å². The van der Waals surface area contributed by atoms with Gasteiger partial charge in [0.25, 0.3) is 5.91 Å². The maximum Gasteiger partial charge on any atom is 0.254 e. The van der Waals surface area contributed by atoms with Crippen molar-refractivity contribution >= 4 is 35.0 Å². The van der Waals surface area contributed by atoms with Crippen LogP contribution < -0.4 is 19.9 Å². The molecule has 2 aliphatic heterocycles. The second-order valence-corrected chi connectivity index (χ2v) is 12.6. The quantitative estimate of drug-likeness (QED) is 0.284. The Morgan fingerprint density at radius 3 is 2.27 bits per heavy atom. The maximum atomic E-state index is 14.2. The summed E-state index contributed by atoms with van der Waals surface area (Å²) in [6.07, 6.45) is 1.78. The highest BCUT2D eigenvalue weighted by atomic mass is 35.5. The highest BCUT2D eigenvalue weighted by molar-refractivity contribution is 6.42. The van der Waals surface area contributed by atoms with Crippen LogP contribution in [0.4, 0.5) is 0 Å². The molecule has 10 heteroatoms. The first-order valence-corrected chi connectivity index (χ1v) is 16.1. The van der Waals surface area contributed by atoms with Gasteiger partial charge in [-0.1, -0.05) is 66.5 Å². The van der Waals surface area contributed by atoms with Crippen molar-refractivity contribution < 1.29 is 23.8 Å². The number of nitrogens with two attached hydrogens (primary N) is 1. The van der Waals surface area contributed by atoms with E-state index in [0.717, 1.165) is 17.7 Å². The predicted molar refractivity (Wildman–Crippen MR) is 177 cm³/mol. The molecule has 3 unspecified atom stereocenters. The number of primary amides is 1. The van der Waals surface area contributed by atoms with Crippen molar-refractivity contribution in [2.45, 2.75) is 50.0 Å². The van der Waals surface area contributed by atoms with Crippen molar-refractivity contribution in [1.82, 2.24) is 9.80 Å². The normalized spacial score (nSPS) is 23.5. The van der Waals surface area contributed by atoms with E-state index in [1.54, 1.807) is 19.2 Å². The van der Waals surface area contributed by atoms with Gasteiger partial charge in [0.2, 0.25) is 11.7 Å². The number of rotatable bonds is 10. The van der Waals surface area contributed by atoms with Crippen LogP contribution in [0.25, 0.3) is 0 Å². The molecule has 0 saturated carbocycles. The minimum Gasteiger partial charge on any atom is -0.493 e. The van der Waals surface area contributed by atoms with E-state index in [2.05, 4.69) is 11.8 Å². The molecule has 2 amide bonds. The first-order valence-electron chi connectivity index (χ1n) is 15.4. The van der Waals surface area contributed by atoms with Gasteiger partial charge in [-0.15, -0.1) is 0 Å². The Morgan fingerprint density at radius 1 is 0.911 bits per heavy atom. The fraction of sp³-hybridized carbons (Fsp3) is 0.429. The highest BCUT2D eigenvalue weighted by Crippen LogP contribution is 2.50. The van der Waals surface area contributed by atoms with Gasteiger partial charge in [-0.25, -0.2) is 0 Å². The zero-order valence-corrected chi connectivity index (χ0v) is 27.8. The third-order valence-corrected chi connectivity index (χ3v) is 10.5. The van der Waals surface area contributed by atoms with Crippen LogP contribution in [0.1, 0.15) is 54.6 Å². The average molecular weight is 655 g/mol. The Morgan fingerprint density at radius 2 is 1.64 bits per heavy atom. The van der Waals surface area contributed by atoms with E-state index < -0.39 is 10.8 Å². The Hall–Kier alpha value is -3.46. The molecule has 240 valence electrons.